The van der Waals surface area contributed by atoms with Crippen LogP contribution in [0.2, 0.25) is 10.0 Å². The Bertz CT molecular complexity index is 584. The van der Waals surface area contributed by atoms with Gasteiger partial charge in [-0.1, -0.05) is 35.3 Å². The molecule has 0 radical (unpaired) electrons. The van der Waals surface area contributed by atoms with E-state index in [1.807, 2.05) is 30.3 Å². The van der Waals surface area contributed by atoms with Crippen molar-refractivity contribution >= 4 is 28.9 Å². The molecule has 0 fully saturated rings. The van der Waals surface area contributed by atoms with Crippen LogP contribution in [0, 0.1) is 0 Å². The van der Waals surface area contributed by atoms with Crippen LogP contribution < -0.4 is 10.1 Å². The van der Waals surface area contributed by atoms with Gasteiger partial charge in [-0.2, -0.15) is 0 Å². The number of hydrogen-bond acceptors (Lipinski definition) is 2. The van der Waals surface area contributed by atoms with Gasteiger partial charge in [0.15, 0.2) is 11.5 Å². The van der Waals surface area contributed by atoms with E-state index in [1.54, 1.807) is 6.07 Å². The van der Waals surface area contributed by atoms with Crippen LogP contribution in [-0.2, 0) is 6.54 Å². The number of benzene rings is 2. The lowest BCUT2D eigenvalue weighted by atomic mass is 10.2. The maximum absolute atomic E-state index is 6.15. The van der Waals surface area contributed by atoms with Gasteiger partial charge in [0.2, 0.25) is 0 Å². The molecule has 3 rings (SSSR count). The number of halogens is 2. The average Bonchev–Trinajstić information content (AvgIpc) is 2.49. The van der Waals surface area contributed by atoms with Gasteiger partial charge in [-0.15, -0.1) is 0 Å². The van der Waals surface area contributed by atoms with Gasteiger partial charge >= 0.3 is 0 Å². The van der Waals surface area contributed by atoms with Crippen LogP contribution in [0.25, 0.3) is 0 Å². The molecule has 0 aliphatic carbocycles. The molecular weight excluding hydrogens is 257 g/mol. The summed E-state index contributed by atoms with van der Waals surface area (Å²) in [6.45, 7) is 0.645. The minimum Gasteiger partial charge on any atom is -0.453 e. The first kappa shape index (κ1) is 10.8. The number of ether oxygens (including phenoxy) is 1. The Morgan fingerprint density at radius 1 is 1.12 bits per heavy atom. The molecule has 2 aromatic carbocycles. The van der Waals surface area contributed by atoms with Gasteiger partial charge in [0, 0.05) is 17.1 Å². The number of anilines is 1. The predicted octanol–water partition coefficient (Wildman–Crippen LogP) is 4.71. The second-order valence-corrected chi connectivity index (χ2v) is 4.67. The van der Waals surface area contributed by atoms with E-state index in [9.17, 15) is 0 Å². The predicted molar refractivity (Wildman–Crippen MR) is 70.3 cm³/mol. The number of rotatable bonds is 0. The number of nitrogens with one attached hydrogen (secondary N) is 1. The van der Waals surface area contributed by atoms with E-state index in [1.165, 1.54) is 0 Å². The van der Waals surface area contributed by atoms with Gasteiger partial charge in [-0.25, -0.2) is 0 Å². The molecular formula is C13H9Cl2NO. The maximum atomic E-state index is 6.15. The van der Waals surface area contributed by atoms with Crippen molar-refractivity contribution in [2.24, 2.45) is 0 Å². The van der Waals surface area contributed by atoms with Crippen LogP contribution in [0.5, 0.6) is 11.5 Å². The standard InChI is InChI=1S/C13H9Cl2NO/c14-9-5-8-7-16-11-3-1-2-4-12(11)17-13(8)10(15)6-9/h1-6,16H,7H2. The first-order valence-electron chi connectivity index (χ1n) is 5.23. The molecule has 0 bridgehead atoms. The van der Waals surface area contributed by atoms with Crippen LogP contribution in [0.1, 0.15) is 5.56 Å². The van der Waals surface area contributed by atoms with E-state index < -0.39 is 0 Å². The zero-order valence-electron chi connectivity index (χ0n) is 8.84. The summed E-state index contributed by atoms with van der Waals surface area (Å²) in [6.07, 6.45) is 0. The van der Waals surface area contributed by atoms with Gasteiger partial charge in [-0.3, -0.25) is 0 Å². The quantitative estimate of drug-likeness (QED) is 0.745. The van der Waals surface area contributed by atoms with Crippen molar-refractivity contribution in [1.82, 2.24) is 0 Å². The third-order valence-electron chi connectivity index (χ3n) is 2.65. The summed E-state index contributed by atoms with van der Waals surface area (Å²) in [6, 6.07) is 11.3. The molecule has 2 aromatic rings. The third kappa shape index (κ3) is 1.94. The van der Waals surface area contributed by atoms with Gasteiger partial charge in [-0.05, 0) is 24.3 Å². The fraction of sp³-hybridized carbons (Fsp3) is 0.0769. The van der Waals surface area contributed by atoms with Gasteiger partial charge < -0.3 is 10.1 Å². The highest BCUT2D eigenvalue weighted by atomic mass is 35.5. The van der Waals surface area contributed by atoms with Crippen LogP contribution >= 0.6 is 23.2 Å². The van der Waals surface area contributed by atoms with Crippen molar-refractivity contribution in [3.8, 4) is 11.5 Å². The van der Waals surface area contributed by atoms with Gasteiger partial charge in [0.25, 0.3) is 0 Å². The Hall–Kier alpha value is -1.38. The molecule has 0 amide bonds. The van der Waals surface area contributed by atoms with E-state index in [0.717, 1.165) is 17.0 Å². The summed E-state index contributed by atoms with van der Waals surface area (Å²) >= 11 is 12.1. The molecule has 0 saturated carbocycles. The fourth-order valence-corrected chi connectivity index (χ4v) is 2.44. The highest BCUT2D eigenvalue weighted by Gasteiger charge is 2.17. The topological polar surface area (TPSA) is 21.3 Å². The smallest absolute Gasteiger partial charge is 0.151 e. The molecule has 86 valence electrons. The van der Waals surface area contributed by atoms with Crippen molar-refractivity contribution < 1.29 is 4.74 Å². The monoisotopic (exact) mass is 265 g/mol. The first-order valence-corrected chi connectivity index (χ1v) is 5.98. The Balaban J connectivity index is 2.14. The average molecular weight is 266 g/mol. The summed E-state index contributed by atoms with van der Waals surface area (Å²) in [5.41, 5.74) is 1.91. The van der Waals surface area contributed by atoms with E-state index in [4.69, 9.17) is 27.9 Å². The van der Waals surface area contributed by atoms with E-state index in [-0.39, 0.29) is 0 Å². The van der Waals surface area contributed by atoms with Crippen molar-refractivity contribution in [2.75, 3.05) is 5.32 Å². The second kappa shape index (κ2) is 4.13. The van der Waals surface area contributed by atoms with Crippen molar-refractivity contribution in [2.45, 2.75) is 6.54 Å². The van der Waals surface area contributed by atoms with Crippen LogP contribution in [-0.4, -0.2) is 0 Å². The SMILES string of the molecule is Clc1cc(Cl)c2c(c1)CNc1ccccc1O2. The molecule has 0 spiro atoms. The Morgan fingerprint density at radius 2 is 1.94 bits per heavy atom. The Kier molecular flexibility index (Phi) is 2.61. The summed E-state index contributed by atoms with van der Waals surface area (Å²) in [5.74, 6) is 1.45. The number of para-hydroxylation sites is 2. The van der Waals surface area contributed by atoms with E-state index in [0.29, 0.717) is 22.3 Å². The summed E-state index contributed by atoms with van der Waals surface area (Å²) in [5, 5.41) is 4.44. The van der Waals surface area contributed by atoms with E-state index >= 15 is 0 Å². The fourth-order valence-electron chi connectivity index (χ4n) is 1.86. The van der Waals surface area contributed by atoms with Crippen LogP contribution in [0.3, 0.4) is 0 Å². The van der Waals surface area contributed by atoms with Crippen LogP contribution in [0.15, 0.2) is 36.4 Å². The largest absolute Gasteiger partial charge is 0.453 e. The molecule has 0 atom stereocenters. The normalized spacial score (nSPS) is 12.8. The molecule has 0 unspecified atom stereocenters. The van der Waals surface area contributed by atoms with Gasteiger partial charge in [0.1, 0.15) is 0 Å². The molecule has 1 heterocycles. The van der Waals surface area contributed by atoms with E-state index in [2.05, 4.69) is 5.32 Å². The molecule has 4 heteroatoms. The molecule has 1 aliphatic heterocycles. The molecule has 2 nitrogen and oxygen atoms in total. The Morgan fingerprint density at radius 3 is 2.82 bits per heavy atom. The minimum absolute atomic E-state index is 0.533. The maximum Gasteiger partial charge on any atom is 0.151 e. The lowest BCUT2D eigenvalue weighted by molar-refractivity contribution is 0.484. The zero-order chi connectivity index (χ0) is 11.8. The summed E-state index contributed by atoms with van der Waals surface area (Å²) in [7, 11) is 0. The highest BCUT2D eigenvalue weighted by molar-refractivity contribution is 6.35. The third-order valence-corrected chi connectivity index (χ3v) is 3.15. The molecule has 17 heavy (non-hydrogen) atoms. The first-order chi connectivity index (χ1) is 8.24. The molecule has 0 aromatic heterocycles. The lowest BCUT2D eigenvalue weighted by Gasteiger charge is -2.09. The molecule has 1 aliphatic rings. The summed E-state index contributed by atoms with van der Waals surface area (Å²) < 4.78 is 5.84. The highest BCUT2D eigenvalue weighted by Crippen LogP contribution is 2.40. The van der Waals surface area contributed by atoms with Crippen LogP contribution in [0.4, 0.5) is 5.69 Å². The zero-order valence-corrected chi connectivity index (χ0v) is 10.3. The number of hydrogen-bond donors (Lipinski definition) is 1. The second-order valence-electron chi connectivity index (χ2n) is 3.83. The molecule has 1 N–H and O–H groups in total. The summed E-state index contributed by atoms with van der Waals surface area (Å²) in [4.78, 5) is 0. The van der Waals surface area contributed by atoms with Crippen molar-refractivity contribution in [3.05, 3.63) is 52.0 Å². The van der Waals surface area contributed by atoms with Gasteiger partial charge in [0.05, 0.1) is 10.7 Å². The Labute approximate surface area is 109 Å². The number of fused-ring (bicyclic) bond motifs is 2. The lowest BCUT2D eigenvalue weighted by Crippen LogP contribution is -1.96. The minimum atomic E-state index is 0.533. The molecule has 0 saturated heterocycles. The van der Waals surface area contributed by atoms with Crippen molar-refractivity contribution in [1.29, 1.82) is 0 Å². The van der Waals surface area contributed by atoms with Crippen molar-refractivity contribution in [3.63, 3.8) is 0 Å².